The Morgan fingerprint density at radius 2 is 1.27 bits per heavy atom. The number of nitrogens with two attached hydrogens (primary N) is 2. The molecule has 0 aromatic heterocycles. The molecule has 0 heterocycles. The van der Waals surface area contributed by atoms with Gasteiger partial charge in [-0.25, -0.2) is 0 Å². The van der Waals surface area contributed by atoms with E-state index in [-0.39, 0.29) is 0 Å². The van der Waals surface area contributed by atoms with E-state index in [2.05, 4.69) is 35.6 Å². The Morgan fingerprint density at radius 3 is 1.91 bits per heavy atom. The van der Waals surface area contributed by atoms with Crippen molar-refractivity contribution in [1.82, 2.24) is 0 Å². The lowest BCUT2D eigenvalue weighted by molar-refractivity contribution is 1.19. The number of hydrogen-bond donors (Lipinski definition) is 3. The zero-order valence-electron chi connectivity index (χ0n) is 12.3. The first-order chi connectivity index (χ1) is 10.7. The van der Waals surface area contributed by atoms with Gasteiger partial charge >= 0.3 is 0 Å². The Kier molecular flexibility index (Phi) is 3.97. The Balaban J connectivity index is 1.68. The molecule has 3 nitrogen and oxygen atoms in total. The molecule has 3 aromatic carbocycles. The van der Waals surface area contributed by atoms with Gasteiger partial charge in [-0.1, -0.05) is 24.3 Å². The minimum Gasteiger partial charge on any atom is -0.399 e. The molecule has 0 radical (unpaired) electrons. The molecule has 0 aliphatic carbocycles. The van der Waals surface area contributed by atoms with Crippen LogP contribution in [0.25, 0.3) is 0 Å². The highest BCUT2D eigenvalue weighted by molar-refractivity contribution is 5.62. The van der Waals surface area contributed by atoms with Gasteiger partial charge in [0, 0.05) is 22.7 Å². The van der Waals surface area contributed by atoms with Gasteiger partial charge in [0.25, 0.3) is 0 Å². The zero-order chi connectivity index (χ0) is 15.4. The van der Waals surface area contributed by atoms with Crippen LogP contribution in [0, 0.1) is 0 Å². The summed E-state index contributed by atoms with van der Waals surface area (Å²) in [4.78, 5) is 0. The van der Waals surface area contributed by atoms with Gasteiger partial charge in [-0.05, 0) is 66.1 Å². The zero-order valence-corrected chi connectivity index (χ0v) is 12.3. The summed E-state index contributed by atoms with van der Waals surface area (Å²) >= 11 is 0. The molecular weight excluding hydrogens is 270 g/mol. The highest BCUT2D eigenvalue weighted by Crippen LogP contribution is 2.19. The third-order valence-corrected chi connectivity index (χ3v) is 3.51. The predicted molar refractivity (Wildman–Crippen MR) is 94.2 cm³/mol. The molecule has 5 N–H and O–H groups in total. The van der Waals surface area contributed by atoms with E-state index in [0.29, 0.717) is 0 Å². The summed E-state index contributed by atoms with van der Waals surface area (Å²) in [6.45, 7) is 0. The van der Waals surface area contributed by atoms with Crippen LogP contribution in [0.2, 0.25) is 0 Å². The van der Waals surface area contributed by atoms with Gasteiger partial charge in [-0.15, -0.1) is 0 Å². The summed E-state index contributed by atoms with van der Waals surface area (Å²) in [7, 11) is 0. The topological polar surface area (TPSA) is 64.1 Å². The molecule has 0 spiro atoms. The van der Waals surface area contributed by atoms with Crippen LogP contribution >= 0.6 is 0 Å². The molecule has 0 fully saturated rings. The number of nitrogens with one attached hydrogen (secondary N) is 1. The number of hydrogen-bond acceptors (Lipinski definition) is 3. The van der Waals surface area contributed by atoms with Crippen molar-refractivity contribution < 1.29 is 0 Å². The van der Waals surface area contributed by atoms with Crippen molar-refractivity contribution in [1.29, 1.82) is 0 Å². The molecule has 22 heavy (non-hydrogen) atoms. The van der Waals surface area contributed by atoms with Crippen LogP contribution in [0.4, 0.5) is 22.7 Å². The van der Waals surface area contributed by atoms with Crippen LogP contribution in [0.5, 0.6) is 0 Å². The van der Waals surface area contributed by atoms with Crippen LogP contribution in [-0.2, 0) is 6.42 Å². The Bertz CT molecular complexity index is 746. The average molecular weight is 289 g/mol. The van der Waals surface area contributed by atoms with Crippen molar-refractivity contribution >= 4 is 22.7 Å². The normalized spacial score (nSPS) is 10.4. The van der Waals surface area contributed by atoms with Crippen LogP contribution < -0.4 is 16.8 Å². The smallest absolute Gasteiger partial charge is 0.0385 e. The van der Waals surface area contributed by atoms with E-state index in [9.17, 15) is 0 Å². The molecule has 0 unspecified atom stereocenters. The van der Waals surface area contributed by atoms with E-state index in [4.69, 9.17) is 11.5 Å². The van der Waals surface area contributed by atoms with Gasteiger partial charge in [0.15, 0.2) is 0 Å². The van der Waals surface area contributed by atoms with E-state index in [1.807, 2.05) is 42.5 Å². The number of anilines is 4. The standard InChI is InChI=1S/C19H19N3/c20-16-6-10-19(11-7-16)22-18-8-4-14(5-9-18)12-15-2-1-3-17(21)13-15/h1-11,13,22H,12,20-21H2. The summed E-state index contributed by atoms with van der Waals surface area (Å²) < 4.78 is 0. The summed E-state index contributed by atoms with van der Waals surface area (Å²) in [5.74, 6) is 0. The number of rotatable bonds is 4. The van der Waals surface area contributed by atoms with Gasteiger partial charge < -0.3 is 16.8 Å². The molecule has 0 aliphatic rings. The Hall–Kier alpha value is -2.94. The van der Waals surface area contributed by atoms with Crippen molar-refractivity contribution in [2.75, 3.05) is 16.8 Å². The summed E-state index contributed by atoms with van der Waals surface area (Å²) in [6, 6.07) is 24.1. The van der Waals surface area contributed by atoms with Gasteiger partial charge in [-0.2, -0.15) is 0 Å². The maximum Gasteiger partial charge on any atom is 0.0385 e. The maximum absolute atomic E-state index is 5.81. The maximum atomic E-state index is 5.81. The molecule has 0 amide bonds. The molecule has 0 atom stereocenters. The Labute approximate surface area is 130 Å². The largest absolute Gasteiger partial charge is 0.399 e. The van der Waals surface area contributed by atoms with Crippen LogP contribution in [0.3, 0.4) is 0 Å². The third-order valence-electron chi connectivity index (χ3n) is 3.51. The number of nitrogen functional groups attached to an aromatic ring is 2. The quantitative estimate of drug-likeness (QED) is 0.631. The molecule has 3 aromatic rings. The second-order valence-corrected chi connectivity index (χ2v) is 5.37. The van der Waals surface area contributed by atoms with E-state index in [1.165, 1.54) is 11.1 Å². The van der Waals surface area contributed by atoms with Crippen LogP contribution in [0.1, 0.15) is 11.1 Å². The van der Waals surface area contributed by atoms with Crippen molar-refractivity contribution in [2.24, 2.45) is 0 Å². The van der Waals surface area contributed by atoms with E-state index in [0.717, 1.165) is 29.2 Å². The van der Waals surface area contributed by atoms with Crippen molar-refractivity contribution in [3.63, 3.8) is 0 Å². The van der Waals surface area contributed by atoms with Crippen LogP contribution in [0.15, 0.2) is 72.8 Å². The lowest BCUT2D eigenvalue weighted by Gasteiger charge is -2.08. The van der Waals surface area contributed by atoms with E-state index >= 15 is 0 Å². The molecule has 3 rings (SSSR count). The third kappa shape index (κ3) is 3.58. The average Bonchev–Trinajstić information content (AvgIpc) is 2.52. The lowest BCUT2D eigenvalue weighted by Crippen LogP contribution is -1.93. The van der Waals surface area contributed by atoms with Crippen molar-refractivity contribution in [3.05, 3.63) is 83.9 Å². The fourth-order valence-electron chi connectivity index (χ4n) is 2.38. The minimum absolute atomic E-state index is 0.767. The summed E-state index contributed by atoms with van der Waals surface area (Å²) in [5, 5.41) is 3.36. The lowest BCUT2D eigenvalue weighted by atomic mass is 10.0. The molecular formula is C19H19N3. The fraction of sp³-hybridized carbons (Fsp3) is 0.0526. The first kappa shape index (κ1) is 14.0. The molecule has 0 bridgehead atoms. The van der Waals surface area contributed by atoms with Gasteiger partial charge in [0.05, 0.1) is 0 Å². The van der Waals surface area contributed by atoms with Crippen molar-refractivity contribution in [3.8, 4) is 0 Å². The first-order valence-electron chi connectivity index (χ1n) is 7.25. The van der Waals surface area contributed by atoms with Crippen molar-refractivity contribution in [2.45, 2.75) is 6.42 Å². The van der Waals surface area contributed by atoms with Gasteiger partial charge in [0.1, 0.15) is 0 Å². The van der Waals surface area contributed by atoms with Gasteiger partial charge in [0.2, 0.25) is 0 Å². The van der Waals surface area contributed by atoms with Gasteiger partial charge in [-0.3, -0.25) is 0 Å². The monoisotopic (exact) mass is 289 g/mol. The SMILES string of the molecule is Nc1ccc(Nc2ccc(Cc3cccc(N)c3)cc2)cc1. The molecule has 0 aliphatic heterocycles. The number of benzene rings is 3. The fourth-order valence-corrected chi connectivity index (χ4v) is 2.38. The summed E-state index contributed by atoms with van der Waals surface area (Å²) in [6.07, 6.45) is 0.882. The molecule has 0 saturated heterocycles. The molecule has 3 heteroatoms. The molecule has 0 saturated carbocycles. The second-order valence-electron chi connectivity index (χ2n) is 5.37. The molecule has 110 valence electrons. The van der Waals surface area contributed by atoms with E-state index in [1.54, 1.807) is 0 Å². The minimum atomic E-state index is 0.767. The van der Waals surface area contributed by atoms with Crippen LogP contribution in [-0.4, -0.2) is 0 Å². The highest BCUT2D eigenvalue weighted by atomic mass is 14.9. The highest BCUT2D eigenvalue weighted by Gasteiger charge is 1.99. The van der Waals surface area contributed by atoms with E-state index < -0.39 is 0 Å². The predicted octanol–water partition coefficient (Wildman–Crippen LogP) is 4.19. The first-order valence-corrected chi connectivity index (χ1v) is 7.25. The second kappa shape index (κ2) is 6.22. The summed E-state index contributed by atoms with van der Waals surface area (Å²) in [5.41, 5.74) is 17.6. The Morgan fingerprint density at radius 1 is 0.636 bits per heavy atom.